The Labute approximate surface area is 146 Å². The molecule has 0 aliphatic carbocycles. The first-order valence-electron chi connectivity index (χ1n) is 8.53. The molecule has 1 N–H and O–H groups in total. The van der Waals surface area contributed by atoms with Gasteiger partial charge in [-0.15, -0.1) is 6.58 Å². The Morgan fingerprint density at radius 1 is 1.04 bits per heavy atom. The highest BCUT2D eigenvalue weighted by atomic mass is 14.8. The maximum Gasteiger partial charge on any atom is 0.0582 e. The van der Waals surface area contributed by atoms with E-state index in [2.05, 4.69) is 87.0 Å². The number of benzene rings is 2. The van der Waals surface area contributed by atoms with Crippen LogP contribution in [0.1, 0.15) is 41.2 Å². The van der Waals surface area contributed by atoms with E-state index in [-0.39, 0.29) is 0 Å². The smallest absolute Gasteiger partial charge is 0.0582 e. The predicted octanol–water partition coefficient (Wildman–Crippen LogP) is 4.95. The normalized spacial score (nSPS) is 10.1. The zero-order valence-corrected chi connectivity index (χ0v) is 15.1. The van der Waals surface area contributed by atoms with Crippen LogP contribution in [0.3, 0.4) is 0 Å². The van der Waals surface area contributed by atoms with Crippen LogP contribution in [0.15, 0.2) is 54.6 Å². The summed E-state index contributed by atoms with van der Waals surface area (Å²) in [6.07, 6.45) is 2.11. The van der Waals surface area contributed by atoms with Crippen LogP contribution in [0.4, 0.5) is 0 Å². The fraction of sp³-hybridized carbons (Fsp3) is 0.304. The van der Waals surface area contributed by atoms with E-state index in [4.69, 9.17) is 0 Å². The summed E-state index contributed by atoms with van der Waals surface area (Å²) >= 11 is 0. The van der Waals surface area contributed by atoms with Crippen molar-refractivity contribution in [2.45, 2.75) is 40.2 Å². The molecule has 2 aromatic rings. The summed E-state index contributed by atoms with van der Waals surface area (Å²) in [5.41, 5.74) is 7.54. The highest BCUT2D eigenvalue weighted by Gasteiger charge is 1.98. The second kappa shape index (κ2) is 9.11. The monoisotopic (exact) mass is 317 g/mol. The average Bonchev–Trinajstić information content (AvgIpc) is 2.56. The number of hydrogen-bond acceptors (Lipinski definition) is 1. The zero-order valence-electron chi connectivity index (χ0n) is 15.1. The van der Waals surface area contributed by atoms with Crippen LogP contribution in [0.5, 0.6) is 0 Å². The van der Waals surface area contributed by atoms with Crippen molar-refractivity contribution in [1.29, 1.82) is 0 Å². The molecule has 124 valence electrons. The molecule has 1 nitrogen and oxygen atoms in total. The van der Waals surface area contributed by atoms with Crippen LogP contribution in [-0.4, -0.2) is 6.54 Å². The van der Waals surface area contributed by atoms with Crippen LogP contribution in [0.2, 0.25) is 0 Å². The van der Waals surface area contributed by atoms with Gasteiger partial charge in [-0.1, -0.05) is 59.4 Å². The minimum absolute atomic E-state index is 0.699. The van der Waals surface area contributed by atoms with Crippen LogP contribution in [-0.2, 0) is 13.0 Å². The first-order chi connectivity index (χ1) is 11.5. The summed E-state index contributed by atoms with van der Waals surface area (Å²) in [6.45, 7) is 11.8. The van der Waals surface area contributed by atoms with Crippen molar-refractivity contribution in [3.63, 3.8) is 0 Å². The van der Waals surface area contributed by atoms with Gasteiger partial charge in [0.05, 0.1) is 6.54 Å². The highest BCUT2D eigenvalue weighted by Crippen LogP contribution is 2.13. The third kappa shape index (κ3) is 6.07. The SMILES string of the molecule is C=C(C)CCc1ccc(C#CCNCc2ccc(C)cc2)c(C)c1. The van der Waals surface area contributed by atoms with Gasteiger partial charge in [-0.25, -0.2) is 0 Å². The molecule has 0 aliphatic heterocycles. The molecule has 0 bridgehead atoms. The van der Waals surface area contributed by atoms with Crippen molar-refractivity contribution in [1.82, 2.24) is 5.32 Å². The molecule has 1 heteroatoms. The molecule has 0 amide bonds. The molecule has 0 aromatic heterocycles. The fourth-order valence-electron chi connectivity index (χ4n) is 2.49. The molecule has 0 aliphatic rings. The second-order valence-corrected chi connectivity index (χ2v) is 6.50. The van der Waals surface area contributed by atoms with Crippen molar-refractivity contribution in [3.8, 4) is 11.8 Å². The Kier molecular flexibility index (Phi) is 6.85. The van der Waals surface area contributed by atoms with E-state index < -0.39 is 0 Å². The molecule has 0 radical (unpaired) electrons. The molecule has 2 aromatic carbocycles. The van der Waals surface area contributed by atoms with Gasteiger partial charge >= 0.3 is 0 Å². The van der Waals surface area contributed by atoms with Crippen molar-refractivity contribution >= 4 is 0 Å². The summed E-state index contributed by atoms with van der Waals surface area (Å²) in [6, 6.07) is 15.2. The topological polar surface area (TPSA) is 12.0 Å². The second-order valence-electron chi connectivity index (χ2n) is 6.50. The first kappa shape index (κ1) is 18.0. The lowest BCUT2D eigenvalue weighted by Gasteiger charge is -2.05. The standard InChI is InChI=1S/C23H27N/c1-18(2)7-10-21-13-14-23(20(4)16-21)6-5-15-24-17-22-11-8-19(3)9-12-22/h8-9,11-14,16,24H,1,7,10,15,17H2,2-4H3. The number of allylic oxidation sites excluding steroid dienone is 1. The van der Waals surface area contributed by atoms with Crippen molar-refractivity contribution < 1.29 is 0 Å². The summed E-state index contributed by atoms with van der Waals surface area (Å²) in [5, 5.41) is 3.37. The minimum atomic E-state index is 0.699. The van der Waals surface area contributed by atoms with Gasteiger partial charge in [0, 0.05) is 12.1 Å². The largest absolute Gasteiger partial charge is 0.302 e. The molecule has 0 saturated carbocycles. The molecular weight excluding hydrogens is 290 g/mol. The Hall–Kier alpha value is -2.30. The molecule has 0 unspecified atom stereocenters. The summed E-state index contributed by atoms with van der Waals surface area (Å²) in [7, 11) is 0. The van der Waals surface area contributed by atoms with Crippen LogP contribution in [0, 0.1) is 25.7 Å². The van der Waals surface area contributed by atoms with Crippen LogP contribution in [0.25, 0.3) is 0 Å². The van der Waals surface area contributed by atoms with E-state index in [0.29, 0.717) is 6.54 Å². The maximum absolute atomic E-state index is 3.96. The van der Waals surface area contributed by atoms with Gasteiger partial charge in [-0.3, -0.25) is 0 Å². The summed E-state index contributed by atoms with van der Waals surface area (Å²) < 4.78 is 0. The van der Waals surface area contributed by atoms with Gasteiger partial charge in [0.15, 0.2) is 0 Å². The molecule has 0 fully saturated rings. The van der Waals surface area contributed by atoms with Gasteiger partial charge in [-0.05, 0) is 56.4 Å². The van der Waals surface area contributed by atoms with E-state index in [1.165, 1.54) is 27.8 Å². The van der Waals surface area contributed by atoms with Gasteiger partial charge in [0.1, 0.15) is 0 Å². The van der Waals surface area contributed by atoms with Gasteiger partial charge < -0.3 is 5.32 Å². The van der Waals surface area contributed by atoms with Crippen LogP contribution >= 0.6 is 0 Å². The third-order valence-electron chi connectivity index (χ3n) is 4.02. The minimum Gasteiger partial charge on any atom is -0.302 e. The maximum atomic E-state index is 3.96. The molecular formula is C23H27N. The van der Waals surface area contributed by atoms with E-state index in [1.54, 1.807) is 0 Å². The Bertz CT molecular complexity index is 742. The van der Waals surface area contributed by atoms with Gasteiger partial charge in [0.25, 0.3) is 0 Å². The zero-order chi connectivity index (χ0) is 17.4. The van der Waals surface area contributed by atoms with Crippen molar-refractivity contribution in [2.24, 2.45) is 0 Å². The molecule has 0 saturated heterocycles. The van der Waals surface area contributed by atoms with E-state index in [0.717, 1.165) is 24.9 Å². The quantitative estimate of drug-likeness (QED) is 0.451. The predicted molar refractivity (Wildman–Crippen MR) is 104 cm³/mol. The lowest BCUT2D eigenvalue weighted by Crippen LogP contribution is -2.13. The van der Waals surface area contributed by atoms with Crippen molar-refractivity contribution in [2.75, 3.05) is 6.54 Å². The van der Waals surface area contributed by atoms with Gasteiger partial charge in [0.2, 0.25) is 0 Å². The number of nitrogens with one attached hydrogen (secondary N) is 1. The van der Waals surface area contributed by atoms with E-state index in [1.807, 2.05) is 0 Å². The highest BCUT2D eigenvalue weighted by molar-refractivity contribution is 5.43. The van der Waals surface area contributed by atoms with Crippen molar-refractivity contribution in [3.05, 3.63) is 82.4 Å². The van der Waals surface area contributed by atoms with E-state index >= 15 is 0 Å². The van der Waals surface area contributed by atoms with Crippen LogP contribution < -0.4 is 5.32 Å². The fourth-order valence-corrected chi connectivity index (χ4v) is 2.49. The number of hydrogen-bond donors (Lipinski definition) is 1. The van der Waals surface area contributed by atoms with Gasteiger partial charge in [-0.2, -0.15) is 0 Å². The molecule has 0 atom stereocenters. The number of rotatable bonds is 6. The first-order valence-corrected chi connectivity index (χ1v) is 8.53. The lowest BCUT2D eigenvalue weighted by atomic mass is 10.0. The molecule has 24 heavy (non-hydrogen) atoms. The third-order valence-corrected chi connectivity index (χ3v) is 4.02. The number of aryl methyl sites for hydroxylation is 3. The molecule has 2 rings (SSSR count). The Morgan fingerprint density at radius 2 is 1.75 bits per heavy atom. The molecule has 0 spiro atoms. The summed E-state index contributed by atoms with van der Waals surface area (Å²) in [4.78, 5) is 0. The Balaban J connectivity index is 1.84. The molecule has 0 heterocycles. The lowest BCUT2D eigenvalue weighted by molar-refractivity contribution is 0.770. The summed E-state index contributed by atoms with van der Waals surface area (Å²) in [5.74, 6) is 6.49. The Morgan fingerprint density at radius 3 is 2.42 bits per heavy atom. The van der Waals surface area contributed by atoms with E-state index in [9.17, 15) is 0 Å². The average molecular weight is 317 g/mol.